The highest BCUT2D eigenvalue weighted by molar-refractivity contribution is 5.88. The molecule has 0 aliphatic rings. The van der Waals surface area contributed by atoms with E-state index in [1.807, 2.05) is 30.3 Å². The predicted octanol–water partition coefficient (Wildman–Crippen LogP) is 5.14. The smallest absolute Gasteiger partial charge is 0.349 e. The summed E-state index contributed by atoms with van der Waals surface area (Å²) in [5.41, 5.74) is 5.64. The maximum absolute atomic E-state index is 11.7. The van der Waals surface area contributed by atoms with E-state index in [9.17, 15) is 14.4 Å². The lowest BCUT2D eigenvalue weighted by atomic mass is 9.93. The van der Waals surface area contributed by atoms with Gasteiger partial charge in [-0.1, -0.05) is 56.0 Å². The van der Waals surface area contributed by atoms with E-state index in [-0.39, 0.29) is 6.47 Å². The number of rotatable bonds is 9. The molecule has 0 saturated carbocycles. The molecule has 0 fully saturated rings. The van der Waals surface area contributed by atoms with E-state index in [0.717, 1.165) is 28.7 Å². The lowest BCUT2D eigenvalue weighted by Crippen LogP contribution is -2.14. The van der Waals surface area contributed by atoms with Gasteiger partial charge in [0.2, 0.25) is 0 Å². The summed E-state index contributed by atoms with van der Waals surface area (Å²) in [5, 5.41) is 0. The Hall–Kier alpha value is -4.19. The molecule has 6 heteroatoms. The molecule has 0 atom stereocenters. The maximum atomic E-state index is 11.7. The van der Waals surface area contributed by atoms with Crippen LogP contribution in [0, 0.1) is 0 Å². The molecule has 0 unspecified atom stereocenters. The Balaban J connectivity index is 1.77. The third-order valence-electron chi connectivity index (χ3n) is 4.90. The van der Waals surface area contributed by atoms with Crippen LogP contribution in [0.4, 0.5) is 0 Å². The molecule has 6 nitrogen and oxygen atoms in total. The first-order valence-electron chi connectivity index (χ1n) is 10.4. The van der Waals surface area contributed by atoms with E-state index in [0.29, 0.717) is 17.1 Å². The molecule has 0 saturated heterocycles. The lowest BCUT2D eigenvalue weighted by Gasteiger charge is -2.12. The minimum absolute atomic E-state index is 0.201. The number of carbonyl (C=O) groups excluding carboxylic acids is 3. The van der Waals surface area contributed by atoms with Crippen LogP contribution >= 0.6 is 0 Å². The van der Waals surface area contributed by atoms with Crippen LogP contribution in [0.2, 0.25) is 0 Å². The zero-order valence-corrected chi connectivity index (χ0v) is 18.5. The molecule has 0 radical (unpaired) electrons. The normalized spacial score (nSPS) is 10.2. The maximum Gasteiger partial charge on any atom is 0.349 e. The molecule has 0 aliphatic heterocycles. The van der Waals surface area contributed by atoms with Crippen LogP contribution < -0.4 is 9.47 Å². The van der Waals surface area contributed by atoms with Crippen LogP contribution in [-0.2, 0) is 25.5 Å². The monoisotopic (exact) mass is 444 g/mol. The van der Waals surface area contributed by atoms with Gasteiger partial charge in [0.05, 0.1) is 0 Å². The fraction of sp³-hybridized carbons (Fsp3) is 0.148. The molecule has 33 heavy (non-hydrogen) atoms. The van der Waals surface area contributed by atoms with Gasteiger partial charge in [0.1, 0.15) is 11.5 Å². The van der Waals surface area contributed by atoms with Gasteiger partial charge in [-0.2, -0.15) is 0 Å². The first-order valence-corrected chi connectivity index (χ1v) is 10.4. The van der Waals surface area contributed by atoms with E-state index in [1.54, 1.807) is 31.2 Å². The standard InChI is InChI=1S/C27H24O6/c1-4-19-15-22(20-5-10-23(11-6-20)32-26(29)16-31-17-28)9-14-25(19)21-7-12-24(13-8-21)33-27(30)18(2)3/h5-15,17H,2,4,16H2,1,3H3. The van der Waals surface area contributed by atoms with Crippen molar-refractivity contribution in [3.8, 4) is 33.8 Å². The van der Waals surface area contributed by atoms with Crippen molar-refractivity contribution < 1.29 is 28.6 Å². The Morgan fingerprint density at radius 3 is 2.00 bits per heavy atom. The largest absolute Gasteiger partial charge is 0.456 e. The quantitative estimate of drug-likeness (QED) is 0.197. The summed E-state index contributed by atoms with van der Waals surface area (Å²) < 4.78 is 14.8. The Morgan fingerprint density at radius 2 is 1.42 bits per heavy atom. The summed E-state index contributed by atoms with van der Waals surface area (Å²) in [7, 11) is 0. The van der Waals surface area contributed by atoms with Crippen LogP contribution in [0.25, 0.3) is 22.3 Å². The van der Waals surface area contributed by atoms with E-state index >= 15 is 0 Å². The first kappa shape index (κ1) is 23.5. The van der Waals surface area contributed by atoms with Crippen LogP contribution in [0.3, 0.4) is 0 Å². The van der Waals surface area contributed by atoms with Crippen molar-refractivity contribution in [2.75, 3.05) is 6.61 Å². The van der Waals surface area contributed by atoms with Gasteiger partial charge in [-0.15, -0.1) is 0 Å². The second-order valence-corrected chi connectivity index (χ2v) is 7.33. The predicted molar refractivity (Wildman–Crippen MR) is 125 cm³/mol. The van der Waals surface area contributed by atoms with Crippen LogP contribution in [-0.4, -0.2) is 25.0 Å². The van der Waals surface area contributed by atoms with Crippen molar-refractivity contribution in [3.05, 3.63) is 84.4 Å². The molecule has 0 amide bonds. The minimum atomic E-state index is -0.645. The second-order valence-electron chi connectivity index (χ2n) is 7.33. The summed E-state index contributed by atoms with van der Waals surface area (Å²) in [4.78, 5) is 33.4. The van der Waals surface area contributed by atoms with Gasteiger partial charge in [-0.3, -0.25) is 4.79 Å². The van der Waals surface area contributed by atoms with Gasteiger partial charge in [0.25, 0.3) is 6.47 Å². The van der Waals surface area contributed by atoms with Crippen LogP contribution in [0.15, 0.2) is 78.9 Å². The summed E-state index contributed by atoms with van der Waals surface area (Å²) in [6.07, 6.45) is 0.835. The highest BCUT2D eigenvalue weighted by Crippen LogP contribution is 2.31. The molecule has 0 aliphatic carbocycles. The molecule has 0 aromatic heterocycles. The summed E-state index contributed by atoms with van der Waals surface area (Å²) in [6.45, 7) is 7.06. The average Bonchev–Trinajstić information content (AvgIpc) is 2.83. The number of hydrogen-bond acceptors (Lipinski definition) is 6. The highest BCUT2D eigenvalue weighted by atomic mass is 16.6. The van der Waals surface area contributed by atoms with Gasteiger partial charge in [0, 0.05) is 5.57 Å². The Kier molecular flexibility index (Phi) is 7.76. The van der Waals surface area contributed by atoms with Crippen LogP contribution in [0.5, 0.6) is 11.5 Å². The third kappa shape index (κ3) is 6.17. The van der Waals surface area contributed by atoms with Gasteiger partial charge in [-0.05, 0) is 65.4 Å². The SMILES string of the molecule is C=C(C)C(=O)Oc1ccc(-c2ccc(-c3ccc(OC(=O)COC=O)cc3)cc2CC)cc1. The fourth-order valence-electron chi connectivity index (χ4n) is 3.22. The van der Waals surface area contributed by atoms with E-state index < -0.39 is 18.5 Å². The topological polar surface area (TPSA) is 78.9 Å². The number of carbonyl (C=O) groups is 3. The molecule has 3 aromatic rings. The van der Waals surface area contributed by atoms with Gasteiger partial charge in [-0.25, -0.2) is 9.59 Å². The number of benzene rings is 3. The van der Waals surface area contributed by atoms with Gasteiger partial charge >= 0.3 is 11.9 Å². The van der Waals surface area contributed by atoms with Crippen molar-refractivity contribution in [1.29, 1.82) is 0 Å². The number of ether oxygens (including phenoxy) is 3. The lowest BCUT2D eigenvalue weighted by molar-refractivity contribution is -0.145. The summed E-state index contributed by atoms with van der Waals surface area (Å²) in [6, 6.07) is 20.7. The molecular weight excluding hydrogens is 420 g/mol. The molecule has 0 spiro atoms. The summed E-state index contributed by atoms with van der Waals surface area (Å²) in [5.74, 6) is -0.248. The molecule has 0 heterocycles. The Labute approximate surface area is 192 Å². The van der Waals surface area contributed by atoms with Crippen molar-refractivity contribution >= 4 is 18.4 Å². The van der Waals surface area contributed by atoms with Crippen molar-refractivity contribution in [1.82, 2.24) is 0 Å². The summed E-state index contributed by atoms with van der Waals surface area (Å²) >= 11 is 0. The third-order valence-corrected chi connectivity index (χ3v) is 4.90. The second kappa shape index (κ2) is 10.9. The molecule has 3 rings (SSSR count). The van der Waals surface area contributed by atoms with E-state index in [4.69, 9.17) is 9.47 Å². The van der Waals surface area contributed by atoms with Crippen molar-refractivity contribution in [3.63, 3.8) is 0 Å². The van der Waals surface area contributed by atoms with Gasteiger partial charge in [0.15, 0.2) is 6.61 Å². The van der Waals surface area contributed by atoms with Gasteiger partial charge < -0.3 is 14.2 Å². The zero-order valence-electron chi connectivity index (χ0n) is 18.5. The van der Waals surface area contributed by atoms with Crippen molar-refractivity contribution in [2.45, 2.75) is 20.3 Å². The highest BCUT2D eigenvalue weighted by Gasteiger charge is 2.10. The number of aryl methyl sites for hydroxylation is 1. The first-order chi connectivity index (χ1) is 15.9. The molecule has 0 N–H and O–H groups in total. The number of hydrogen-bond donors (Lipinski definition) is 0. The van der Waals surface area contributed by atoms with Crippen molar-refractivity contribution in [2.24, 2.45) is 0 Å². The van der Waals surface area contributed by atoms with Crippen LogP contribution in [0.1, 0.15) is 19.4 Å². The molecule has 0 bridgehead atoms. The molecule has 168 valence electrons. The zero-order chi connectivity index (χ0) is 23.8. The Morgan fingerprint density at radius 1 is 0.848 bits per heavy atom. The number of esters is 2. The molecule has 3 aromatic carbocycles. The molecular formula is C27H24O6. The average molecular weight is 444 g/mol. The minimum Gasteiger partial charge on any atom is -0.456 e. The van der Waals surface area contributed by atoms with E-state index in [1.165, 1.54) is 5.56 Å². The Bertz CT molecular complexity index is 1160. The van der Waals surface area contributed by atoms with E-state index in [2.05, 4.69) is 30.4 Å². The fourth-order valence-corrected chi connectivity index (χ4v) is 3.22.